The minimum absolute atomic E-state index is 0.0211. The van der Waals surface area contributed by atoms with E-state index in [2.05, 4.69) is 4.72 Å². The van der Waals surface area contributed by atoms with Gasteiger partial charge >= 0.3 is 0 Å². The summed E-state index contributed by atoms with van der Waals surface area (Å²) in [7, 11) is -3.75. The minimum atomic E-state index is -3.75. The van der Waals surface area contributed by atoms with Crippen LogP contribution in [0.5, 0.6) is 0 Å². The van der Waals surface area contributed by atoms with Crippen molar-refractivity contribution in [2.24, 2.45) is 5.92 Å². The summed E-state index contributed by atoms with van der Waals surface area (Å²) >= 11 is 0. The van der Waals surface area contributed by atoms with Gasteiger partial charge in [0.25, 0.3) is 0 Å². The highest BCUT2D eigenvalue weighted by Gasteiger charge is 2.27. The second kappa shape index (κ2) is 6.39. The van der Waals surface area contributed by atoms with Crippen molar-refractivity contribution < 1.29 is 22.7 Å². The SMILES string of the molecule is Cc1cc(S(=O)(=O)NC(C)C2CCOC2)cc(CO)c1F. The average molecular weight is 317 g/mol. The van der Waals surface area contributed by atoms with Crippen LogP contribution in [0.15, 0.2) is 17.0 Å². The first-order valence-electron chi connectivity index (χ1n) is 6.85. The Morgan fingerprint density at radius 3 is 2.81 bits per heavy atom. The van der Waals surface area contributed by atoms with Crippen molar-refractivity contribution in [1.29, 1.82) is 0 Å². The van der Waals surface area contributed by atoms with E-state index >= 15 is 0 Å². The maximum absolute atomic E-state index is 13.7. The fraction of sp³-hybridized carbons (Fsp3) is 0.571. The lowest BCUT2D eigenvalue weighted by atomic mass is 10.0. The highest BCUT2D eigenvalue weighted by Crippen LogP contribution is 2.22. The van der Waals surface area contributed by atoms with Gasteiger partial charge in [0, 0.05) is 24.1 Å². The number of sulfonamides is 1. The Morgan fingerprint density at radius 2 is 2.24 bits per heavy atom. The summed E-state index contributed by atoms with van der Waals surface area (Å²) in [6, 6.07) is 2.18. The van der Waals surface area contributed by atoms with Crippen LogP contribution in [-0.4, -0.2) is 32.8 Å². The minimum Gasteiger partial charge on any atom is -0.392 e. The number of hydrogen-bond acceptors (Lipinski definition) is 4. The fourth-order valence-electron chi connectivity index (χ4n) is 2.43. The van der Waals surface area contributed by atoms with Crippen molar-refractivity contribution in [3.05, 3.63) is 29.1 Å². The zero-order chi connectivity index (χ0) is 15.6. The summed E-state index contributed by atoms with van der Waals surface area (Å²) in [5.74, 6) is -0.438. The number of ether oxygens (including phenoxy) is 1. The lowest BCUT2D eigenvalue weighted by Gasteiger charge is -2.19. The quantitative estimate of drug-likeness (QED) is 0.859. The lowest BCUT2D eigenvalue weighted by molar-refractivity contribution is 0.180. The maximum Gasteiger partial charge on any atom is 0.240 e. The lowest BCUT2D eigenvalue weighted by Crippen LogP contribution is -2.38. The normalized spacial score (nSPS) is 20.7. The van der Waals surface area contributed by atoms with Crippen molar-refractivity contribution in [1.82, 2.24) is 4.72 Å². The highest BCUT2D eigenvalue weighted by molar-refractivity contribution is 7.89. The first kappa shape index (κ1) is 16.4. The summed E-state index contributed by atoms with van der Waals surface area (Å²) < 4.78 is 46.3. The molecular weight excluding hydrogens is 297 g/mol. The van der Waals surface area contributed by atoms with Gasteiger partial charge in [-0.2, -0.15) is 0 Å². The van der Waals surface area contributed by atoms with Crippen molar-refractivity contribution in [2.75, 3.05) is 13.2 Å². The largest absolute Gasteiger partial charge is 0.392 e. The summed E-state index contributed by atoms with van der Waals surface area (Å²) in [5, 5.41) is 9.12. The second-order valence-electron chi connectivity index (χ2n) is 5.41. The van der Waals surface area contributed by atoms with Crippen LogP contribution in [-0.2, 0) is 21.4 Å². The summed E-state index contributed by atoms with van der Waals surface area (Å²) in [6.45, 7) is 3.90. The number of aliphatic hydroxyl groups is 1. The van der Waals surface area contributed by atoms with Crippen LogP contribution < -0.4 is 4.72 Å². The van der Waals surface area contributed by atoms with Crippen molar-refractivity contribution in [3.8, 4) is 0 Å². The van der Waals surface area contributed by atoms with E-state index in [1.54, 1.807) is 6.92 Å². The third-order valence-corrected chi connectivity index (χ3v) is 5.34. The molecule has 1 aliphatic rings. The molecule has 7 heteroatoms. The van der Waals surface area contributed by atoms with Crippen molar-refractivity contribution >= 4 is 10.0 Å². The molecule has 0 aromatic heterocycles. The Balaban J connectivity index is 2.24. The van der Waals surface area contributed by atoms with Gasteiger partial charge < -0.3 is 9.84 Å². The van der Waals surface area contributed by atoms with E-state index in [9.17, 15) is 12.8 Å². The van der Waals surface area contributed by atoms with Crippen LogP contribution in [0.1, 0.15) is 24.5 Å². The van der Waals surface area contributed by atoms with E-state index in [0.29, 0.717) is 13.2 Å². The van der Waals surface area contributed by atoms with Gasteiger partial charge in [0.05, 0.1) is 18.1 Å². The van der Waals surface area contributed by atoms with Crippen LogP contribution in [0.3, 0.4) is 0 Å². The Hall–Kier alpha value is -1.02. The second-order valence-corrected chi connectivity index (χ2v) is 7.12. The smallest absolute Gasteiger partial charge is 0.240 e. The van der Waals surface area contributed by atoms with Gasteiger partial charge in [0.15, 0.2) is 0 Å². The molecule has 0 spiro atoms. The molecule has 1 saturated heterocycles. The van der Waals surface area contributed by atoms with Crippen molar-refractivity contribution in [3.63, 3.8) is 0 Å². The highest BCUT2D eigenvalue weighted by atomic mass is 32.2. The Morgan fingerprint density at radius 1 is 1.52 bits per heavy atom. The molecule has 0 saturated carbocycles. The van der Waals surface area contributed by atoms with E-state index in [1.807, 2.05) is 0 Å². The Bertz CT molecular complexity index is 612. The van der Waals surface area contributed by atoms with Crippen LogP contribution in [0.25, 0.3) is 0 Å². The molecule has 0 bridgehead atoms. The number of aryl methyl sites for hydroxylation is 1. The Labute approximate surface area is 124 Å². The number of nitrogens with one attached hydrogen (secondary N) is 1. The summed E-state index contributed by atoms with van der Waals surface area (Å²) in [5.41, 5.74) is 0.172. The molecule has 118 valence electrons. The predicted octanol–water partition coefficient (Wildman–Crippen LogP) is 1.33. The number of aliphatic hydroxyl groups excluding tert-OH is 1. The zero-order valence-electron chi connectivity index (χ0n) is 12.1. The molecule has 2 atom stereocenters. The molecule has 2 N–H and O–H groups in total. The monoisotopic (exact) mass is 317 g/mol. The van der Waals surface area contributed by atoms with Crippen LogP contribution >= 0.6 is 0 Å². The first-order valence-corrected chi connectivity index (χ1v) is 8.33. The molecular formula is C14H20FNO4S. The molecule has 0 aliphatic carbocycles. The molecule has 21 heavy (non-hydrogen) atoms. The fourth-order valence-corrected chi connectivity index (χ4v) is 3.88. The molecule has 0 amide bonds. The molecule has 1 aromatic rings. The summed E-state index contributed by atoms with van der Waals surface area (Å²) in [6.07, 6.45) is 0.814. The van der Waals surface area contributed by atoms with Gasteiger partial charge in [-0.25, -0.2) is 17.5 Å². The van der Waals surface area contributed by atoms with Crippen molar-refractivity contribution in [2.45, 2.75) is 37.8 Å². The van der Waals surface area contributed by atoms with Gasteiger partial charge in [0.1, 0.15) is 5.82 Å². The van der Waals surface area contributed by atoms with Crippen LogP contribution in [0.4, 0.5) is 4.39 Å². The third kappa shape index (κ3) is 3.60. The van der Waals surface area contributed by atoms with E-state index in [-0.39, 0.29) is 28.0 Å². The van der Waals surface area contributed by atoms with Gasteiger partial charge in [-0.3, -0.25) is 0 Å². The van der Waals surface area contributed by atoms with Gasteiger partial charge in [-0.1, -0.05) is 0 Å². The van der Waals surface area contributed by atoms with Gasteiger partial charge in [-0.05, 0) is 38.0 Å². The zero-order valence-corrected chi connectivity index (χ0v) is 12.9. The number of benzene rings is 1. The maximum atomic E-state index is 13.7. The molecule has 5 nitrogen and oxygen atoms in total. The standard InChI is InChI=1S/C14H20FNO4S/c1-9-5-13(6-12(7-17)14(9)15)21(18,19)16-10(2)11-3-4-20-8-11/h5-6,10-11,16-17H,3-4,7-8H2,1-2H3. The third-order valence-electron chi connectivity index (χ3n) is 3.80. The Kier molecular flexibility index (Phi) is 4.98. The number of hydrogen-bond donors (Lipinski definition) is 2. The molecule has 1 aliphatic heterocycles. The molecule has 1 heterocycles. The number of rotatable bonds is 5. The van der Waals surface area contributed by atoms with E-state index in [0.717, 1.165) is 6.42 Å². The van der Waals surface area contributed by atoms with Crippen LogP contribution in [0, 0.1) is 18.7 Å². The number of halogens is 1. The van der Waals surface area contributed by atoms with E-state index < -0.39 is 22.4 Å². The average Bonchev–Trinajstić information content (AvgIpc) is 2.95. The van der Waals surface area contributed by atoms with Gasteiger partial charge in [0.2, 0.25) is 10.0 Å². The van der Waals surface area contributed by atoms with E-state index in [1.165, 1.54) is 19.1 Å². The predicted molar refractivity (Wildman–Crippen MR) is 75.8 cm³/mol. The molecule has 2 unspecified atom stereocenters. The van der Waals surface area contributed by atoms with Gasteiger partial charge in [-0.15, -0.1) is 0 Å². The van der Waals surface area contributed by atoms with Crippen LogP contribution in [0.2, 0.25) is 0 Å². The molecule has 0 radical (unpaired) electrons. The topological polar surface area (TPSA) is 75.6 Å². The summed E-state index contributed by atoms with van der Waals surface area (Å²) in [4.78, 5) is -0.0313. The molecule has 2 rings (SSSR count). The molecule has 1 fully saturated rings. The molecule has 1 aromatic carbocycles. The first-order chi connectivity index (χ1) is 9.85. The van der Waals surface area contributed by atoms with E-state index in [4.69, 9.17) is 9.84 Å².